The highest BCUT2D eigenvalue weighted by Crippen LogP contribution is 2.18. The fourth-order valence-electron chi connectivity index (χ4n) is 8.36. The number of carbonyl (C=O) groups is 2. The summed E-state index contributed by atoms with van der Waals surface area (Å²) >= 11 is 0. The fraction of sp³-hybridized carbons (Fsp3) is 0.891. The second kappa shape index (κ2) is 49.4. The number of rotatable bonds is 49. The second-order valence-electron chi connectivity index (χ2n) is 18.6. The predicted molar refractivity (Wildman–Crippen MR) is 264 cm³/mol. The van der Waals surface area contributed by atoms with Crippen LogP contribution in [0.2, 0.25) is 0 Å². The van der Waals surface area contributed by atoms with Crippen LogP contribution in [0.25, 0.3) is 0 Å². The van der Waals surface area contributed by atoms with Gasteiger partial charge in [0.05, 0.1) is 25.2 Å². The third-order valence-corrected chi connectivity index (χ3v) is 12.5. The van der Waals surface area contributed by atoms with Gasteiger partial charge in [-0.15, -0.1) is 0 Å². The minimum Gasteiger partial charge on any atom is -0.462 e. The number of nitrogens with one attached hydrogen (secondary N) is 1. The molecule has 61 heavy (non-hydrogen) atoms. The van der Waals surface area contributed by atoms with Gasteiger partial charge in [0.15, 0.2) is 0 Å². The minimum atomic E-state index is -0.787. The predicted octanol–water partition coefficient (Wildman–Crippen LogP) is 16.3. The van der Waals surface area contributed by atoms with Crippen LogP contribution in [-0.2, 0) is 14.3 Å². The van der Waals surface area contributed by atoms with E-state index in [1.165, 1.54) is 186 Å². The standard InChI is InChI=1S/C55H105NO5/c1-4-7-10-13-16-19-22-25-26-27-28-30-31-34-37-40-43-46-51(61-55(60)48-45-42-39-36-33-29-23-20-17-14-11-8-5-2)49-54(59)56-52(50-57)53(58)47-44-41-38-35-32-24-21-18-15-12-9-6-3/h25-26,29,33,51-53,57-58H,4-24,27-28,30-32,34-50H2,1-3H3,(H,56,59)/b26-25+,33-29-. The van der Waals surface area contributed by atoms with E-state index in [1.807, 2.05) is 0 Å². The van der Waals surface area contributed by atoms with Gasteiger partial charge in [-0.3, -0.25) is 9.59 Å². The number of carbonyl (C=O) groups excluding carboxylic acids is 2. The fourth-order valence-corrected chi connectivity index (χ4v) is 8.36. The molecule has 0 radical (unpaired) electrons. The molecule has 0 aromatic carbocycles. The van der Waals surface area contributed by atoms with Gasteiger partial charge in [-0.25, -0.2) is 0 Å². The molecule has 0 fully saturated rings. The molecular weight excluding hydrogens is 755 g/mol. The molecule has 0 saturated heterocycles. The maximum absolute atomic E-state index is 13.2. The summed E-state index contributed by atoms with van der Waals surface area (Å²) in [6, 6.07) is -0.702. The number of allylic oxidation sites excluding steroid dienone is 4. The third-order valence-electron chi connectivity index (χ3n) is 12.5. The van der Waals surface area contributed by atoms with Crippen molar-refractivity contribution in [3.8, 4) is 0 Å². The Balaban J connectivity index is 4.58. The quantitative estimate of drug-likeness (QED) is 0.0322. The zero-order valence-electron chi connectivity index (χ0n) is 41.1. The Morgan fingerprint density at radius 2 is 0.787 bits per heavy atom. The number of hydrogen-bond donors (Lipinski definition) is 3. The van der Waals surface area contributed by atoms with E-state index >= 15 is 0 Å². The molecule has 0 aromatic rings. The van der Waals surface area contributed by atoms with Crippen LogP contribution >= 0.6 is 0 Å². The van der Waals surface area contributed by atoms with E-state index in [1.54, 1.807) is 0 Å². The summed E-state index contributed by atoms with van der Waals surface area (Å²) < 4.78 is 5.94. The van der Waals surface area contributed by atoms with Crippen molar-refractivity contribution in [2.24, 2.45) is 0 Å². The van der Waals surface area contributed by atoms with Gasteiger partial charge in [0, 0.05) is 6.42 Å². The number of aliphatic hydroxyl groups is 2. The van der Waals surface area contributed by atoms with Gasteiger partial charge >= 0.3 is 5.97 Å². The summed E-state index contributed by atoms with van der Waals surface area (Å²) in [5.41, 5.74) is 0. The van der Waals surface area contributed by atoms with E-state index in [4.69, 9.17) is 4.74 Å². The molecular formula is C55H105NO5. The first-order chi connectivity index (χ1) is 30.0. The Morgan fingerprint density at radius 3 is 1.16 bits per heavy atom. The molecule has 0 aliphatic heterocycles. The first-order valence-corrected chi connectivity index (χ1v) is 27.1. The number of hydrogen-bond acceptors (Lipinski definition) is 5. The normalized spacial score (nSPS) is 13.3. The minimum absolute atomic E-state index is 0.0728. The highest BCUT2D eigenvalue weighted by atomic mass is 16.5. The van der Waals surface area contributed by atoms with E-state index in [0.29, 0.717) is 19.3 Å². The molecule has 0 rings (SSSR count). The second-order valence-corrected chi connectivity index (χ2v) is 18.6. The highest BCUT2D eigenvalue weighted by Gasteiger charge is 2.24. The zero-order chi connectivity index (χ0) is 44.5. The molecule has 3 N–H and O–H groups in total. The lowest BCUT2D eigenvalue weighted by Gasteiger charge is -2.24. The van der Waals surface area contributed by atoms with Crippen molar-refractivity contribution < 1.29 is 24.5 Å². The largest absolute Gasteiger partial charge is 0.462 e. The van der Waals surface area contributed by atoms with Gasteiger partial charge in [0.25, 0.3) is 0 Å². The van der Waals surface area contributed by atoms with Gasteiger partial charge in [-0.05, 0) is 77.0 Å². The van der Waals surface area contributed by atoms with Crippen molar-refractivity contribution in [2.75, 3.05) is 6.61 Å². The first-order valence-electron chi connectivity index (χ1n) is 27.1. The van der Waals surface area contributed by atoms with Gasteiger partial charge in [-0.1, -0.05) is 225 Å². The molecule has 360 valence electrons. The molecule has 0 aromatic heterocycles. The molecule has 0 bridgehead atoms. The Hall–Kier alpha value is -1.66. The lowest BCUT2D eigenvalue weighted by atomic mass is 10.0. The monoisotopic (exact) mass is 860 g/mol. The maximum atomic E-state index is 13.2. The van der Waals surface area contributed by atoms with Crippen LogP contribution in [-0.4, -0.2) is 46.9 Å². The van der Waals surface area contributed by atoms with Crippen molar-refractivity contribution in [3.05, 3.63) is 24.3 Å². The molecule has 0 aliphatic carbocycles. The van der Waals surface area contributed by atoms with E-state index in [9.17, 15) is 19.8 Å². The summed E-state index contributed by atoms with van der Waals surface area (Å²) in [4.78, 5) is 26.2. The summed E-state index contributed by atoms with van der Waals surface area (Å²) in [6.45, 7) is 6.49. The van der Waals surface area contributed by atoms with Crippen molar-refractivity contribution in [3.63, 3.8) is 0 Å². The Kier molecular flexibility index (Phi) is 48.0. The lowest BCUT2D eigenvalue weighted by molar-refractivity contribution is -0.151. The van der Waals surface area contributed by atoms with Crippen molar-refractivity contribution in [1.82, 2.24) is 5.32 Å². The number of aliphatic hydroxyl groups excluding tert-OH is 2. The van der Waals surface area contributed by atoms with Crippen LogP contribution in [0.15, 0.2) is 24.3 Å². The number of amides is 1. The Labute approximate surface area is 380 Å². The topological polar surface area (TPSA) is 95.9 Å². The van der Waals surface area contributed by atoms with Gasteiger partial charge in [-0.2, -0.15) is 0 Å². The highest BCUT2D eigenvalue weighted by molar-refractivity contribution is 5.77. The SMILES string of the molecule is CCCCCCCC/C=C\CCCCCC(=O)OC(CCCCCCCCC/C=C/CCCCCCCC)CC(=O)NC(CO)C(O)CCCCCCCCCCCCCC. The maximum Gasteiger partial charge on any atom is 0.306 e. The molecule has 6 heteroatoms. The smallest absolute Gasteiger partial charge is 0.306 e. The van der Waals surface area contributed by atoms with E-state index in [-0.39, 0.29) is 24.9 Å². The van der Waals surface area contributed by atoms with Crippen LogP contribution < -0.4 is 5.32 Å². The Bertz CT molecular complexity index is 966. The third kappa shape index (κ3) is 44.7. The molecule has 0 spiro atoms. The number of ether oxygens (including phenoxy) is 1. The summed E-state index contributed by atoms with van der Waals surface area (Å²) in [5, 5.41) is 23.8. The average Bonchev–Trinajstić information content (AvgIpc) is 3.25. The number of esters is 1. The first kappa shape index (κ1) is 59.3. The number of unbranched alkanes of at least 4 members (excludes halogenated alkanes) is 33. The molecule has 0 saturated carbocycles. The Morgan fingerprint density at radius 1 is 0.459 bits per heavy atom. The lowest BCUT2D eigenvalue weighted by Crippen LogP contribution is -2.46. The molecule has 1 amide bonds. The zero-order valence-corrected chi connectivity index (χ0v) is 41.1. The van der Waals surface area contributed by atoms with Crippen molar-refractivity contribution in [1.29, 1.82) is 0 Å². The summed E-state index contributed by atoms with van der Waals surface area (Å²) in [5.74, 6) is -0.484. The van der Waals surface area contributed by atoms with Gasteiger partial charge < -0.3 is 20.3 Å². The molecule has 0 heterocycles. The van der Waals surface area contributed by atoms with E-state index in [2.05, 4.69) is 50.4 Å². The van der Waals surface area contributed by atoms with Crippen LogP contribution in [0.4, 0.5) is 0 Å². The molecule has 3 atom stereocenters. The van der Waals surface area contributed by atoms with Crippen molar-refractivity contribution >= 4 is 11.9 Å². The molecule has 3 unspecified atom stereocenters. The average molecular weight is 860 g/mol. The van der Waals surface area contributed by atoms with E-state index in [0.717, 1.165) is 57.8 Å². The summed E-state index contributed by atoms with van der Waals surface area (Å²) in [6.07, 6.45) is 56.6. The molecule has 0 aliphatic rings. The van der Waals surface area contributed by atoms with Crippen LogP contribution in [0, 0.1) is 0 Å². The van der Waals surface area contributed by atoms with Gasteiger partial charge in [0.2, 0.25) is 5.91 Å². The molecule has 6 nitrogen and oxygen atoms in total. The van der Waals surface area contributed by atoms with E-state index < -0.39 is 18.2 Å². The summed E-state index contributed by atoms with van der Waals surface area (Å²) in [7, 11) is 0. The van der Waals surface area contributed by atoms with Gasteiger partial charge in [0.1, 0.15) is 6.10 Å². The van der Waals surface area contributed by atoms with Crippen molar-refractivity contribution in [2.45, 2.75) is 309 Å². The van der Waals surface area contributed by atoms with Crippen LogP contribution in [0.1, 0.15) is 290 Å². The van der Waals surface area contributed by atoms with Crippen LogP contribution in [0.3, 0.4) is 0 Å². The van der Waals surface area contributed by atoms with Crippen LogP contribution in [0.5, 0.6) is 0 Å².